The molecule has 3 fully saturated rings. The summed E-state index contributed by atoms with van der Waals surface area (Å²) in [5.74, 6) is -7.96. The standard InChI is InChI=1S/C51H79NO13/c1-30-16-12-11-13-17-31(2)42(61-8)28-38-21-19-36(7)51(60,65-38)48(57)49(58)52-23-15-14-18-39(52)50(59)64-43(33(4)26-37-20-22-40(53)44(27-37)62-9)29-41(54)32(3)25-35(6)46(56)47(63-10)45(55)34(5)24-30/h11-13,16-17,25,30,32-34,36-40,42-44,46-47,53,56,60H,14-15,18-24,26-29H2,1-10H3/b13-11+,16-12+,31-17+,35-25+/t30?,32?,33?,34-,36-,37?,38?,39?,40?,42?,43?,44?,46?,47?,51?/m1/s1. The van der Waals surface area contributed by atoms with Crippen molar-refractivity contribution in [2.75, 3.05) is 27.9 Å². The number of nitrogens with zero attached hydrogens (tertiary/aromatic N) is 1. The number of rotatable bonds is 6. The summed E-state index contributed by atoms with van der Waals surface area (Å²) in [6, 6.07) is -1.14. The first kappa shape index (κ1) is 54.2. The molecule has 2 saturated heterocycles. The number of piperidine rings is 1. The molecule has 0 aromatic rings. The Morgan fingerprint density at radius 1 is 0.846 bits per heavy atom. The number of Topliss-reactive ketones (excluding diaryl/α,β-unsaturated/α-hetero) is 3. The fraction of sp³-hybridized carbons (Fsp3) is 0.745. The second-order valence-corrected chi connectivity index (χ2v) is 19.6. The first-order valence-electron chi connectivity index (χ1n) is 23.9. The number of ketones is 3. The predicted octanol–water partition coefficient (Wildman–Crippen LogP) is 6.18. The van der Waals surface area contributed by atoms with Gasteiger partial charge in [-0.3, -0.25) is 19.2 Å². The van der Waals surface area contributed by atoms with Gasteiger partial charge in [0.05, 0.1) is 24.4 Å². The van der Waals surface area contributed by atoms with Crippen molar-refractivity contribution < 1.29 is 63.0 Å². The van der Waals surface area contributed by atoms with E-state index in [2.05, 4.69) is 0 Å². The van der Waals surface area contributed by atoms with Crippen LogP contribution in [0.4, 0.5) is 0 Å². The third-order valence-corrected chi connectivity index (χ3v) is 14.5. The lowest BCUT2D eigenvalue weighted by Crippen LogP contribution is -2.61. The summed E-state index contributed by atoms with van der Waals surface area (Å²) in [6.45, 7) is 12.7. The summed E-state index contributed by atoms with van der Waals surface area (Å²) >= 11 is 0. The van der Waals surface area contributed by atoms with E-state index >= 15 is 0 Å². The maximum Gasteiger partial charge on any atom is 0.329 e. The lowest BCUT2D eigenvalue weighted by Gasteiger charge is -2.42. The number of carbonyl (C=O) groups excluding carboxylic acids is 5. The molecular formula is C51H79NO13. The zero-order chi connectivity index (χ0) is 48.2. The van der Waals surface area contributed by atoms with Gasteiger partial charge < -0.3 is 43.9 Å². The zero-order valence-electron chi connectivity index (χ0n) is 40.6. The maximum absolute atomic E-state index is 14.4. The number of esters is 1. The van der Waals surface area contributed by atoms with Crippen LogP contribution >= 0.6 is 0 Å². The lowest BCUT2D eigenvalue weighted by molar-refractivity contribution is -0.265. The molecular weight excluding hydrogens is 835 g/mol. The van der Waals surface area contributed by atoms with E-state index in [0.29, 0.717) is 63.4 Å². The van der Waals surface area contributed by atoms with Crippen LogP contribution in [0.1, 0.15) is 126 Å². The quantitative estimate of drug-likeness (QED) is 0.156. The van der Waals surface area contributed by atoms with E-state index < -0.39 is 83.9 Å². The predicted molar refractivity (Wildman–Crippen MR) is 245 cm³/mol. The third-order valence-electron chi connectivity index (χ3n) is 14.5. The number of ether oxygens (including phenoxy) is 5. The van der Waals surface area contributed by atoms with Crippen LogP contribution in [0.2, 0.25) is 0 Å². The average Bonchev–Trinajstić information content (AvgIpc) is 3.28. The van der Waals surface area contributed by atoms with Crippen molar-refractivity contribution in [1.82, 2.24) is 4.90 Å². The second kappa shape index (κ2) is 25.1. The van der Waals surface area contributed by atoms with Crippen molar-refractivity contribution >= 4 is 29.2 Å². The normalized spacial score (nSPS) is 40.4. The van der Waals surface area contributed by atoms with Crippen LogP contribution in [0.25, 0.3) is 0 Å². The monoisotopic (exact) mass is 914 g/mol. The highest BCUT2D eigenvalue weighted by molar-refractivity contribution is 6.39. The van der Waals surface area contributed by atoms with Crippen molar-refractivity contribution in [2.45, 2.75) is 180 Å². The lowest BCUT2D eigenvalue weighted by atomic mass is 9.78. The first-order chi connectivity index (χ1) is 30.7. The molecule has 15 atom stereocenters. The largest absolute Gasteiger partial charge is 0.460 e. The van der Waals surface area contributed by atoms with Gasteiger partial charge in [-0.15, -0.1) is 0 Å². The number of allylic oxidation sites excluding steroid dienone is 6. The SMILES string of the molecule is COC1CC2CC[C@@H](C)C(O)(O2)C(=O)C(=O)N2CCCCC2C(=O)OC(C(C)CC2CCC(O)C(OC)C2)CC(=O)C(C)/C=C(\C)C(O)C(OC)C(=O)[C@H](C)CC(C)/C=C/C=C/C=C/1C. The summed E-state index contributed by atoms with van der Waals surface area (Å²) in [5.41, 5.74) is 1.27. The van der Waals surface area contributed by atoms with Gasteiger partial charge in [0.25, 0.3) is 11.7 Å². The highest BCUT2D eigenvalue weighted by Gasteiger charge is 2.53. The molecule has 4 aliphatic rings. The van der Waals surface area contributed by atoms with Crippen molar-refractivity contribution in [3.63, 3.8) is 0 Å². The number of carbonyl (C=O) groups is 5. The highest BCUT2D eigenvalue weighted by atomic mass is 16.6. The summed E-state index contributed by atoms with van der Waals surface area (Å²) in [4.78, 5) is 71.8. The van der Waals surface area contributed by atoms with E-state index in [9.17, 15) is 39.3 Å². The number of methoxy groups -OCH3 is 3. The second-order valence-electron chi connectivity index (χ2n) is 19.6. The minimum Gasteiger partial charge on any atom is -0.460 e. The zero-order valence-corrected chi connectivity index (χ0v) is 40.6. The fourth-order valence-electron chi connectivity index (χ4n) is 10.1. The molecule has 14 heteroatoms. The Morgan fingerprint density at radius 2 is 1.57 bits per heavy atom. The molecule has 65 heavy (non-hydrogen) atoms. The Morgan fingerprint density at radius 3 is 2.25 bits per heavy atom. The molecule has 1 amide bonds. The Hall–Kier alpha value is -3.37. The van der Waals surface area contributed by atoms with E-state index in [1.807, 2.05) is 58.1 Å². The van der Waals surface area contributed by atoms with Crippen LogP contribution in [-0.2, 0) is 47.7 Å². The van der Waals surface area contributed by atoms with Gasteiger partial charge in [0.2, 0.25) is 5.79 Å². The molecule has 366 valence electrons. The van der Waals surface area contributed by atoms with Crippen LogP contribution in [0.5, 0.6) is 0 Å². The minimum atomic E-state index is -2.43. The molecule has 4 rings (SSSR count). The van der Waals surface area contributed by atoms with Crippen LogP contribution < -0.4 is 0 Å². The van der Waals surface area contributed by atoms with Crippen molar-refractivity contribution in [2.24, 2.45) is 35.5 Å². The van der Waals surface area contributed by atoms with Gasteiger partial charge in [0.1, 0.15) is 30.1 Å². The van der Waals surface area contributed by atoms with Crippen LogP contribution in [0.15, 0.2) is 47.6 Å². The summed E-state index contributed by atoms with van der Waals surface area (Å²) in [6.07, 6.45) is 11.2. The molecule has 0 aromatic heterocycles. The molecule has 1 saturated carbocycles. The van der Waals surface area contributed by atoms with Gasteiger partial charge in [-0.25, -0.2) is 4.79 Å². The molecule has 3 N–H and O–H groups in total. The molecule has 2 bridgehead atoms. The average molecular weight is 914 g/mol. The van der Waals surface area contributed by atoms with Crippen molar-refractivity contribution in [3.05, 3.63) is 47.6 Å². The Balaban J connectivity index is 1.70. The smallest absolute Gasteiger partial charge is 0.329 e. The van der Waals surface area contributed by atoms with E-state index in [1.165, 1.54) is 12.0 Å². The van der Waals surface area contributed by atoms with Crippen molar-refractivity contribution in [3.8, 4) is 0 Å². The summed E-state index contributed by atoms with van der Waals surface area (Å²) in [7, 11) is 4.52. The number of aliphatic hydroxyl groups is 3. The van der Waals surface area contributed by atoms with Gasteiger partial charge in [-0.1, -0.05) is 71.1 Å². The van der Waals surface area contributed by atoms with E-state index in [0.717, 1.165) is 12.0 Å². The van der Waals surface area contributed by atoms with Gasteiger partial charge in [0, 0.05) is 58.5 Å². The number of amides is 1. The molecule has 13 unspecified atom stereocenters. The number of hydrogen-bond donors (Lipinski definition) is 3. The minimum absolute atomic E-state index is 0.0193. The van der Waals surface area contributed by atoms with Crippen LogP contribution in [0.3, 0.4) is 0 Å². The van der Waals surface area contributed by atoms with E-state index in [-0.39, 0.29) is 54.8 Å². The molecule has 3 aliphatic heterocycles. The molecule has 0 spiro atoms. The summed E-state index contributed by atoms with van der Waals surface area (Å²) in [5, 5.41) is 33.8. The maximum atomic E-state index is 14.4. The molecule has 0 radical (unpaired) electrons. The molecule has 3 heterocycles. The first-order valence-corrected chi connectivity index (χ1v) is 23.9. The van der Waals surface area contributed by atoms with Crippen LogP contribution in [-0.4, -0.2) is 132 Å². The third kappa shape index (κ3) is 14.3. The van der Waals surface area contributed by atoms with E-state index in [4.69, 9.17) is 23.7 Å². The van der Waals surface area contributed by atoms with Gasteiger partial charge in [0.15, 0.2) is 5.78 Å². The number of aliphatic hydroxyl groups excluding tert-OH is 2. The van der Waals surface area contributed by atoms with Crippen molar-refractivity contribution in [1.29, 1.82) is 0 Å². The Labute approximate surface area is 387 Å². The summed E-state index contributed by atoms with van der Waals surface area (Å²) < 4.78 is 29.4. The van der Waals surface area contributed by atoms with Crippen LogP contribution in [0, 0.1) is 35.5 Å². The number of cyclic esters (lactones) is 1. The molecule has 1 aliphatic carbocycles. The Kier molecular flexibility index (Phi) is 21.0. The van der Waals surface area contributed by atoms with E-state index in [1.54, 1.807) is 41.1 Å². The molecule has 14 nitrogen and oxygen atoms in total. The molecule has 0 aromatic carbocycles. The fourth-order valence-corrected chi connectivity index (χ4v) is 10.1. The topological polar surface area (TPSA) is 195 Å². The highest BCUT2D eigenvalue weighted by Crippen LogP contribution is 2.38. The number of fused-ring (bicyclic) bond motifs is 3. The Bertz CT molecular complexity index is 1760. The van der Waals surface area contributed by atoms with Gasteiger partial charge >= 0.3 is 5.97 Å². The van der Waals surface area contributed by atoms with Gasteiger partial charge in [-0.05, 0) is 107 Å². The number of hydrogen-bond acceptors (Lipinski definition) is 13. The van der Waals surface area contributed by atoms with Gasteiger partial charge in [-0.2, -0.15) is 0 Å².